The number of aromatic nitrogens is 1. The van der Waals surface area contributed by atoms with Crippen LogP contribution in [0.1, 0.15) is 10.6 Å². The van der Waals surface area contributed by atoms with Crippen LogP contribution in [0.25, 0.3) is 0 Å². The molecule has 0 N–H and O–H groups in total. The first-order valence-corrected chi connectivity index (χ1v) is 6.39. The van der Waals surface area contributed by atoms with Gasteiger partial charge in [-0.3, -0.25) is 0 Å². The van der Waals surface area contributed by atoms with Crippen LogP contribution in [0, 0.1) is 12.7 Å². The van der Waals surface area contributed by atoms with E-state index in [0.717, 1.165) is 12.1 Å². The first-order valence-electron chi connectivity index (χ1n) is 5.13. The monoisotopic (exact) mass is 271 g/mol. The topological polar surface area (TPSA) is 22.1 Å². The van der Waals surface area contributed by atoms with Crippen molar-refractivity contribution in [3.63, 3.8) is 0 Å². The third-order valence-electron chi connectivity index (χ3n) is 2.33. The first-order chi connectivity index (χ1) is 8.16. The smallest absolute Gasteiger partial charge is 0.145 e. The van der Waals surface area contributed by atoms with Crippen LogP contribution in [0.15, 0.2) is 23.7 Å². The van der Waals surface area contributed by atoms with Crippen molar-refractivity contribution in [3.8, 4) is 5.75 Å². The van der Waals surface area contributed by atoms with Gasteiger partial charge in [-0.05, 0) is 19.1 Å². The van der Waals surface area contributed by atoms with Crippen LogP contribution >= 0.6 is 22.9 Å². The van der Waals surface area contributed by atoms with Crippen molar-refractivity contribution in [2.45, 2.75) is 13.3 Å². The summed E-state index contributed by atoms with van der Waals surface area (Å²) in [6, 6.07) is 4.44. The van der Waals surface area contributed by atoms with E-state index in [0.29, 0.717) is 12.4 Å². The second kappa shape index (κ2) is 5.47. The molecule has 2 nitrogen and oxygen atoms in total. The van der Waals surface area contributed by atoms with E-state index in [2.05, 4.69) is 4.98 Å². The maximum Gasteiger partial charge on any atom is 0.145 e. The molecule has 1 aromatic heterocycles. The summed E-state index contributed by atoms with van der Waals surface area (Å²) in [6.07, 6.45) is 0.779. The molecule has 0 saturated carbocycles. The number of ether oxygens (including phenoxy) is 1. The minimum absolute atomic E-state index is 0.107. The van der Waals surface area contributed by atoms with E-state index >= 15 is 0 Å². The Morgan fingerprint density at radius 2 is 2.29 bits per heavy atom. The van der Waals surface area contributed by atoms with E-state index in [-0.39, 0.29) is 5.02 Å². The minimum atomic E-state index is -0.460. The second-order valence-electron chi connectivity index (χ2n) is 3.54. The molecule has 0 amide bonds. The summed E-state index contributed by atoms with van der Waals surface area (Å²) >= 11 is 7.18. The molecule has 5 heteroatoms. The van der Waals surface area contributed by atoms with E-state index in [1.54, 1.807) is 17.4 Å². The van der Waals surface area contributed by atoms with Gasteiger partial charge in [-0.25, -0.2) is 9.37 Å². The lowest BCUT2D eigenvalue weighted by molar-refractivity contribution is 0.321. The van der Waals surface area contributed by atoms with E-state index in [9.17, 15) is 4.39 Å². The molecular weight excluding hydrogens is 261 g/mol. The number of thiazole rings is 1. The van der Waals surface area contributed by atoms with Gasteiger partial charge in [0, 0.05) is 17.4 Å². The van der Waals surface area contributed by atoms with Gasteiger partial charge in [-0.1, -0.05) is 11.6 Å². The zero-order valence-corrected chi connectivity index (χ0v) is 10.8. The molecule has 1 aromatic carbocycles. The highest BCUT2D eigenvalue weighted by molar-refractivity contribution is 7.09. The summed E-state index contributed by atoms with van der Waals surface area (Å²) in [6.45, 7) is 2.47. The molecule has 17 heavy (non-hydrogen) atoms. The van der Waals surface area contributed by atoms with E-state index in [1.807, 2.05) is 12.4 Å². The largest absolute Gasteiger partial charge is 0.493 e. The maximum atomic E-state index is 13.1. The van der Waals surface area contributed by atoms with Gasteiger partial charge in [0.2, 0.25) is 0 Å². The van der Waals surface area contributed by atoms with Crippen molar-refractivity contribution < 1.29 is 9.13 Å². The predicted molar refractivity (Wildman–Crippen MR) is 67.5 cm³/mol. The average Bonchev–Trinajstić information content (AvgIpc) is 2.70. The van der Waals surface area contributed by atoms with Crippen LogP contribution in [0.2, 0.25) is 5.02 Å². The summed E-state index contributed by atoms with van der Waals surface area (Å²) in [5.41, 5.74) is 2.84. The standard InChI is InChI=1S/C12H11ClFNOS/c1-8-12(17-7-15-8)4-5-16-9-2-3-10(13)11(14)6-9/h2-3,6-7H,4-5H2,1H3. The molecule has 0 aliphatic carbocycles. The zero-order valence-electron chi connectivity index (χ0n) is 9.24. The quantitative estimate of drug-likeness (QED) is 0.842. The summed E-state index contributed by atoms with van der Waals surface area (Å²) in [7, 11) is 0. The third kappa shape index (κ3) is 3.17. The lowest BCUT2D eigenvalue weighted by atomic mass is 10.3. The Kier molecular flexibility index (Phi) is 3.97. The molecule has 0 unspecified atom stereocenters. The van der Waals surface area contributed by atoms with Crippen LogP contribution in [0.4, 0.5) is 4.39 Å². The number of aryl methyl sites for hydroxylation is 1. The molecule has 2 aromatic rings. The van der Waals surface area contributed by atoms with Crippen molar-refractivity contribution in [1.29, 1.82) is 0 Å². The van der Waals surface area contributed by atoms with Crippen molar-refractivity contribution in [2.75, 3.05) is 6.61 Å². The summed E-state index contributed by atoms with van der Waals surface area (Å²) in [5, 5.41) is 0.107. The summed E-state index contributed by atoms with van der Waals surface area (Å²) < 4.78 is 18.6. The van der Waals surface area contributed by atoms with Crippen molar-refractivity contribution >= 4 is 22.9 Å². The molecule has 0 bridgehead atoms. The van der Waals surface area contributed by atoms with Gasteiger partial charge >= 0.3 is 0 Å². The third-order valence-corrected chi connectivity index (χ3v) is 3.64. The van der Waals surface area contributed by atoms with Crippen molar-refractivity contribution in [3.05, 3.63) is 45.1 Å². The molecule has 0 aliphatic rings. The Hall–Kier alpha value is -1.13. The van der Waals surface area contributed by atoms with Crippen LogP contribution < -0.4 is 4.74 Å². The normalized spacial score (nSPS) is 10.5. The molecule has 0 aliphatic heterocycles. The van der Waals surface area contributed by atoms with Gasteiger partial charge in [-0.2, -0.15) is 0 Å². The number of rotatable bonds is 4. The highest BCUT2D eigenvalue weighted by atomic mass is 35.5. The Labute approximate surface area is 108 Å². The van der Waals surface area contributed by atoms with Crippen LogP contribution in [-0.4, -0.2) is 11.6 Å². The molecule has 0 radical (unpaired) electrons. The zero-order chi connectivity index (χ0) is 12.3. The molecule has 0 fully saturated rings. The number of hydrogen-bond donors (Lipinski definition) is 0. The Balaban J connectivity index is 1.90. The lowest BCUT2D eigenvalue weighted by Crippen LogP contribution is -2.01. The van der Waals surface area contributed by atoms with Crippen LogP contribution in [0.3, 0.4) is 0 Å². The summed E-state index contributed by atoms with van der Waals surface area (Å²) in [4.78, 5) is 5.35. The van der Waals surface area contributed by atoms with E-state index in [1.165, 1.54) is 17.0 Å². The van der Waals surface area contributed by atoms with Gasteiger partial charge in [0.15, 0.2) is 0 Å². The Bertz CT molecular complexity index is 515. The van der Waals surface area contributed by atoms with Gasteiger partial charge < -0.3 is 4.74 Å². The minimum Gasteiger partial charge on any atom is -0.493 e. The summed E-state index contributed by atoms with van der Waals surface area (Å²) in [5.74, 6) is 0.0344. The molecule has 0 atom stereocenters. The van der Waals surface area contributed by atoms with Crippen molar-refractivity contribution in [1.82, 2.24) is 4.98 Å². The van der Waals surface area contributed by atoms with Gasteiger partial charge in [-0.15, -0.1) is 11.3 Å². The molecule has 2 rings (SSSR count). The van der Waals surface area contributed by atoms with Gasteiger partial charge in [0.1, 0.15) is 11.6 Å². The van der Waals surface area contributed by atoms with Crippen molar-refractivity contribution in [2.24, 2.45) is 0 Å². The number of halogens is 2. The highest BCUT2D eigenvalue weighted by Gasteiger charge is 2.04. The SMILES string of the molecule is Cc1ncsc1CCOc1ccc(Cl)c(F)c1. The van der Waals surface area contributed by atoms with Gasteiger partial charge in [0.25, 0.3) is 0 Å². The van der Waals surface area contributed by atoms with Crippen LogP contribution in [0.5, 0.6) is 5.75 Å². The Morgan fingerprint density at radius 3 is 2.94 bits per heavy atom. The molecule has 0 spiro atoms. The van der Waals surface area contributed by atoms with E-state index in [4.69, 9.17) is 16.3 Å². The average molecular weight is 272 g/mol. The molecule has 1 heterocycles. The maximum absolute atomic E-state index is 13.1. The number of hydrogen-bond acceptors (Lipinski definition) is 3. The fourth-order valence-electron chi connectivity index (χ4n) is 1.39. The van der Waals surface area contributed by atoms with E-state index < -0.39 is 5.82 Å². The molecule has 0 saturated heterocycles. The Morgan fingerprint density at radius 1 is 1.47 bits per heavy atom. The lowest BCUT2D eigenvalue weighted by Gasteiger charge is -2.06. The predicted octanol–water partition coefficient (Wildman–Crippen LogP) is 3.87. The molecular formula is C12H11ClFNOS. The second-order valence-corrected chi connectivity index (χ2v) is 4.88. The fourth-order valence-corrected chi connectivity index (χ4v) is 2.27. The first kappa shape index (κ1) is 12.3. The fraction of sp³-hybridized carbons (Fsp3) is 0.250. The van der Waals surface area contributed by atoms with Gasteiger partial charge in [0.05, 0.1) is 22.8 Å². The number of nitrogens with zero attached hydrogens (tertiary/aromatic N) is 1. The number of benzene rings is 1. The van der Waals surface area contributed by atoms with Crippen LogP contribution in [-0.2, 0) is 6.42 Å². The molecule has 90 valence electrons. The highest BCUT2D eigenvalue weighted by Crippen LogP contribution is 2.21.